The highest BCUT2D eigenvalue weighted by Crippen LogP contribution is 2.20. The van der Waals surface area contributed by atoms with Gasteiger partial charge in [-0.3, -0.25) is 0 Å². The summed E-state index contributed by atoms with van der Waals surface area (Å²) in [6.07, 6.45) is 2.48. The van der Waals surface area contributed by atoms with Gasteiger partial charge in [-0.05, 0) is 43.0 Å². The van der Waals surface area contributed by atoms with Crippen molar-refractivity contribution in [3.63, 3.8) is 0 Å². The molecule has 0 heterocycles. The second-order valence-electron chi connectivity index (χ2n) is 4.45. The molecule has 1 N–H and O–H groups in total. The Balaban J connectivity index is 2.27. The van der Waals surface area contributed by atoms with Crippen molar-refractivity contribution in [3.8, 4) is 0 Å². The van der Waals surface area contributed by atoms with E-state index >= 15 is 0 Å². The van der Waals surface area contributed by atoms with Gasteiger partial charge < -0.3 is 5.32 Å². The molecule has 0 saturated heterocycles. The SMILES string of the molecule is CC(C)CCCNCc1ccc(Cl)cc1Cl. The summed E-state index contributed by atoms with van der Waals surface area (Å²) in [4.78, 5) is 0. The van der Waals surface area contributed by atoms with E-state index in [2.05, 4.69) is 19.2 Å². The van der Waals surface area contributed by atoms with Crippen LogP contribution in [0.3, 0.4) is 0 Å². The molecule has 1 nitrogen and oxygen atoms in total. The van der Waals surface area contributed by atoms with Crippen LogP contribution in [-0.4, -0.2) is 6.54 Å². The predicted molar refractivity (Wildman–Crippen MR) is 72.2 cm³/mol. The first kappa shape index (κ1) is 13.8. The summed E-state index contributed by atoms with van der Waals surface area (Å²) in [6.45, 7) is 6.34. The topological polar surface area (TPSA) is 12.0 Å². The lowest BCUT2D eigenvalue weighted by atomic mass is 10.1. The lowest BCUT2D eigenvalue weighted by molar-refractivity contribution is 0.527. The fraction of sp³-hybridized carbons (Fsp3) is 0.538. The van der Waals surface area contributed by atoms with Crippen molar-refractivity contribution in [2.75, 3.05) is 6.54 Å². The molecule has 0 unspecified atom stereocenters. The lowest BCUT2D eigenvalue weighted by Crippen LogP contribution is -2.15. The molecule has 1 rings (SSSR count). The number of hydrogen-bond donors (Lipinski definition) is 1. The van der Waals surface area contributed by atoms with Gasteiger partial charge in [0.1, 0.15) is 0 Å². The van der Waals surface area contributed by atoms with Crippen LogP contribution < -0.4 is 5.32 Å². The fourth-order valence-electron chi connectivity index (χ4n) is 1.52. The maximum absolute atomic E-state index is 6.07. The van der Waals surface area contributed by atoms with Crippen molar-refractivity contribution >= 4 is 23.2 Å². The zero-order chi connectivity index (χ0) is 12.0. The molecule has 1 aromatic carbocycles. The molecular formula is C13H19Cl2N. The Hall–Kier alpha value is -0.240. The van der Waals surface area contributed by atoms with Crippen molar-refractivity contribution < 1.29 is 0 Å². The van der Waals surface area contributed by atoms with Crippen molar-refractivity contribution in [1.29, 1.82) is 0 Å². The van der Waals surface area contributed by atoms with Gasteiger partial charge in [0.2, 0.25) is 0 Å². The van der Waals surface area contributed by atoms with Gasteiger partial charge in [0.25, 0.3) is 0 Å². The van der Waals surface area contributed by atoms with E-state index in [-0.39, 0.29) is 0 Å². The Labute approximate surface area is 108 Å². The molecular weight excluding hydrogens is 241 g/mol. The highest BCUT2D eigenvalue weighted by atomic mass is 35.5. The number of hydrogen-bond acceptors (Lipinski definition) is 1. The van der Waals surface area contributed by atoms with E-state index in [1.807, 2.05) is 12.1 Å². The smallest absolute Gasteiger partial charge is 0.0465 e. The molecule has 3 heteroatoms. The van der Waals surface area contributed by atoms with Crippen LogP contribution >= 0.6 is 23.2 Å². The van der Waals surface area contributed by atoms with Crippen LogP contribution in [0.2, 0.25) is 10.0 Å². The average Bonchev–Trinajstić information content (AvgIpc) is 2.20. The van der Waals surface area contributed by atoms with Crippen LogP contribution in [-0.2, 0) is 6.54 Å². The first-order valence-corrected chi connectivity index (χ1v) is 6.50. The minimum absolute atomic E-state index is 0.688. The summed E-state index contributed by atoms with van der Waals surface area (Å²) in [6, 6.07) is 5.63. The molecule has 0 aliphatic carbocycles. The van der Waals surface area contributed by atoms with Gasteiger partial charge in [-0.25, -0.2) is 0 Å². The molecule has 0 aromatic heterocycles. The first-order chi connectivity index (χ1) is 7.59. The summed E-state index contributed by atoms with van der Waals surface area (Å²) >= 11 is 11.9. The molecule has 0 radical (unpaired) electrons. The second kappa shape index (κ2) is 7.16. The van der Waals surface area contributed by atoms with E-state index in [0.717, 1.165) is 29.6 Å². The van der Waals surface area contributed by atoms with Gasteiger partial charge in [-0.1, -0.05) is 43.1 Å². The molecule has 16 heavy (non-hydrogen) atoms. The normalized spacial score (nSPS) is 11.1. The van der Waals surface area contributed by atoms with Gasteiger partial charge in [0.15, 0.2) is 0 Å². The highest BCUT2D eigenvalue weighted by Gasteiger charge is 2.00. The minimum Gasteiger partial charge on any atom is -0.313 e. The number of nitrogens with one attached hydrogen (secondary N) is 1. The summed E-state index contributed by atoms with van der Waals surface area (Å²) in [5.74, 6) is 0.779. The van der Waals surface area contributed by atoms with E-state index < -0.39 is 0 Å². The molecule has 90 valence electrons. The largest absolute Gasteiger partial charge is 0.313 e. The molecule has 0 saturated carbocycles. The molecule has 1 aromatic rings. The molecule has 0 spiro atoms. The third-order valence-corrected chi connectivity index (χ3v) is 3.05. The van der Waals surface area contributed by atoms with Crippen LogP contribution in [0, 0.1) is 5.92 Å². The fourth-order valence-corrected chi connectivity index (χ4v) is 2.00. The number of halogens is 2. The van der Waals surface area contributed by atoms with Gasteiger partial charge in [-0.15, -0.1) is 0 Å². The maximum atomic E-state index is 6.07. The molecule has 0 bridgehead atoms. The molecule has 0 amide bonds. The zero-order valence-corrected chi connectivity index (χ0v) is 11.4. The third kappa shape index (κ3) is 5.20. The number of rotatable bonds is 6. The van der Waals surface area contributed by atoms with Crippen LogP contribution in [0.5, 0.6) is 0 Å². The van der Waals surface area contributed by atoms with E-state index in [0.29, 0.717) is 5.02 Å². The Kier molecular flexibility index (Phi) is 6.18. The maximum Gasteiger partial charge on any atom is 0.0465 e. The van der Waals surface area contributed by atoms with Gasteiger partial charge >= 0.3 is 0 Å². The average molecular weight is 260 g/mol. The van der Waals surface area contributed by atoms with E-state index in [4.69, 9.17) is 23.2 Å². The quantitative estimate of drug-likeness (QED) is 0.741. The third-order valence-electron chi connectivity index (χ3n) is 2.47. The Morgan fingerprint density at radius 2 is 2.00 bits per heavy atom. The summed E-state index contributed by atoms with van der Waals surface area (Å²) < 4.78 is 0. The second-order valence-corrected chi connectivity index (χ2v) is 5.29. The first-order valence-electron chi connectivity index (χ1n) is 5.74. The molecule has 0 aliphatic rings. The van der Waals surface area contributed by atoms with Gasteiger partial charge in [0.05, 0.1) is 0 Å². The Bertz CT molecular complexity index is 324. The number of benzene rings is 1. The summed E-state index contributed by atoms with van der Waals surface area (Å²) in [5.41, 5.74) is 1.11. The van der Waals surface area contributed by atoms with Crippen molar-refractivity contribution in [1.82, 2.24) is 5.32 Å². The monoisotopic (exact) mass is 259 g/mol. The zero-order valence-electron chi connectivity index (χ0n) is 9.89. The van der Waals surface area contributed by atoms with Crippen LogP contribution in [0.1, 0.15) is 32.3 Å². The van der Waals surface area contributed by atoms with E-state index in [9.17, 15) is 0 Å². The molecule has 0 fully saturated rings. The van der Waals surface area contributed by atoms with Crippen LogP contribution in [0.4, 0.5) is 0 Å². The van der Waals surface area contributed by atoms with Gasteiger partial charge in [0, 0.05) is 16.6 Å². The standard InChI is InChI=1S/C13H19Cl2N/c1-10(2)4-3-7-16-9-11-5-6-12(14)8-13(11)15/h5-6,8,10,16H,3-4,7,9H2,1-2H3. The Morgan fingerprint density at radius 1 is 1.25 bits per heavy atom. The van der Waals surface area contributed by atoms with Crippen LogP contribution in [0.15, 0.2) is 18.2 Å². The van der Waals surface area contributed by atoms with Crippen LogP contribution in [0.25, 0.3) is 0 Å². The Morgan fingerprint density at radius 3 is 2.62 bits per heavy atom. The summed E-state index contributed by atoms with van der Waals surface area (Å²) in [5, 5.41) is 4.82. The van der Waals surface area contributed by atoms with E-state index in [1.165, 1.54) is 12.8 Å². The molecule has 0 aliphatic heterocycles. The highest BCUT2D eigenvalue weighted by molar-refractivity contribution is 6.35. The summed E-state index contributed by atoms with van der Waals surface area (Å²) in [7, 11) is 0. The van der Waals surface area contributed by atoms with Crippen molar-refractivity contribution in [3.05, 3.63) is 33.8 Å². The van der Waals surface area contributed by atoms with Crippen molar-refractivity contribution in [2.45, 2.75) is 33.2 Å². The van der Waals surface area contributed by atoms with Crippen molar-refractivity contribution in [2.24, 2.45) is 5.92 Å². The van der Waals surface area contributed by atoms with E-state index in [1.54, 1.807) is 6.07 Å². The lowest BCUT2D eigenvalue weighted by Gasteiger charge is -2.08. The van der Waals surface area contributed by atoms with Gasteiger partial charge in [-0.2, -0.15) is 0 Å². The minimum atomic E-state index is 0.688. The predicted octanol–water partition coefficient (Wildman–Crippen LogP) is 4.52. The molecule has 0 atom stereocenters.